The van der Waals surface area contributed by atoms with Gasteiger partial charge in [0.15, 0.2) is 0 Å². The van der Waals surface area contributed by atoms with Gasteiger partial charge in [-0.3, -0.25) is 4.57 Å². The number of nitrogens with zero attached hydrogens (tertiary/aromatic N) is 3. The highest BCUT2D eigenvalue weighted by Gasteiger charge is 2.14. The van der Waals surface area contributed by atoms with Crippen molar-refractivity contribution in [3.8, 4) is 11.8 Å². The molecule has 0 radical (unpaired) electrons. The predicted octanol–water partition coefficient (Wildman–Crippen LogP) is 3.26. The lowest BCUT2D eigenvalue weighted by atomic mass is 10.1. The Labute approximate surface area is 137 Å². The number of halogens is 1. The van der Waals surface area contributed by atoms with Crippen LogP contribution in [0.25, 0.3) is 16.6 Å². The quantitative estimate of drug-likeness (QED) is 0.785. The highest BCUT2D eigenvalue weighted by atomic mass is 35.5. The maximum absolute atomic E-state index is 12.6. The fourth-order valence-electron chi connectivity index (χ4n) is 2.61. The molecular formula is C17H13ClN4O. The van der Waals surface area contributed by atoms with Crippen molar-refractivity contribution in [2.45, 2.75) is 6.92 Å². The minimum absolute atomic E-state index is 0.428. The van der Waals surface area contributed by atoms with E-state index in [9.17, 15) is 10.1 Å². The third kappa shape index (κ3) is 2.43. The number of nitrogens with one attached hydrogen (secondary N) is 1. The molecule has 3 aromatic rings. The van der Waals surface area contributed by atoms with Crippen molar-refractivity contribution in [3.63, 3.8) is 0 Å². The number of aromatic nitrogens is 2. The van der Waals surface area contributed by atoms with Crippen LogP contribution in [-0.2, 0) is 0 Å². The first-order valence-corrected chi connectivity index (χ1v) is 7.34. The molecule has 0 fully saturated rings. The molecule has 1 heterocycles. The molecule has 1 aromatic heterocycles. The van der Waals surface area contributed by atoms with Crippen molar-refractivity contribution in [3.05, 3.63) is 63.0 Å². The van der Waals surface area contributed by atoms with Crippen LogP contribution in [0, 0.1) is 18.3 Å². The first-order valence-electron chi connectivity index (χ1n) is 6.97. The summed E-state index contributed by atoms with van der Waals surface area (Å²) < 4.78 is 1.48. The van der Waals surface area contributed by atoms with Gasteiger partial charge in [0.25, 0.3) is 0 Å². The number of anilines is 1. The summed E-state index contributed by atoms with van der Waals surface area (Å²) >= 11 is 6.12. The van der Waals surface area contributed by atoms with Gasteiger partial charge < -0.3 is 5.32 Å². The molecule has 0 aliphatic carbocycles. The third-order valence-corrected chi connectivity index (χ3v) is 3.99. The second kappa shape index (κ2) is 5.75. The van der Waals surface area contributed by atoms with Gasteiger partial charge in [-0.2, -0.15) is 10.2 Å². The Morgan fingerprint density at radius 3 is 2.78 bits per heavy atom. The van der Waals surface area contributed by atoms with E-state index in [4.69, 9.17) is 11.6 Å². The van der Waals surface area contributed by atoms with E-state index >= 15 is 0 Å². The summed E-state index contributed by atoms with van der Waals surface area (Å²) in [5.41, 5.74) is 2.07. The largest absolute Gasteiger partial charge is 0.372 e. The number of nitriles is 1. The van der Waals surface area contributed by atoms with Crippen LogP contribution >= 0.6 is 11.6 Å². The predicted molar refractivity (Wildman–Crippen MR) is 91.3 cm³/mol. The molecule has 114 valence electrons. The Morgan fingerprint density at radius 2 is 2.09 bits per heavy atom. The standard InChI is InChI=1S/C17H13ClN4O/c1-10-11(9-19)4-3-5-14(10)22-15-8-12(18)6-7-13(15)16(20-2)21-17(22)23/h3-8H,1-2H3,(H,20,21,23). The van der Waals surface area contributed by atoms with Gasteiger partial charge in [-0.05, 0) is 42.8 Å². The molecule has 0 atom stereocenters. The Balaban J connectivity index is 2.48. The molecule has 23 heavy (non-hydrogen) atoms. The SMILES string of the molecule is CNc1nc(=O)n(-c2cccc(C#N)c2C)c2cc(Cl)ccc12. The zero-order chi connectivity index (χ0) is 16.6. The van der Waals surface area contributed by atoms with Gasteiger partial charge in [-0.25, -0.2) is 4.79 Å². The lowest BCUT2D eigenvalue weighted by Crippen LogP contribution is -2.24. The summed E-state index contributed by atoms with van der Waals surface area (Å²) in [5.74, 6) is 0.493. The molecule has 1 N–H and O–H groups in total. The minimum Gasteiger partial charge on any atom is -0.372 e. The molecule has 0 saturated carbocycles. The fraction of sp³-hybridized carbons (Fsp3) is 0.118. The Morgan fingerprint density at radius 1 is 1.30 bits per heavy atom. The number of rotatable bonds is 2. The number of hydrogen-bond acceptors (Lipinski definition) is 4. The normalized spacial score (nSPS) is 10.5. The topological polar surface area (TPSA) is 70.7 Å². The lowest BCUT2D eigenvalue weighted by Gasteiger charge is -2.15. The zero-order valence-corrected chi connectivity index (χ0v) is 13.3. The van der Waals surface area contributed by atoms with Crippen molar-refractivity contribution < 1.29 is 0 Å². The number of hydrogen-bond donors (Lipinski definition) is 1. The van der Waals surface area contributed by atoms with Crippen LogP contribution in [-0.4, -0.2) is 16.6 Å². The van der Waals surface area contributed by atoms with Crippen molar-refractivity contribution in [2.75, 3.05) is 12.4 Å². The van der Waals surface area contributed by atoms with Gasteiger partial charge in [0, 0.05) is 17.5 Å². The summed E-state index contributed by atoms with van der Waals surface area (Å²) in [7, 11) is 1.71. The summed E-state index contributed by atoms with van der Waals surface area (Å²) in [5, 5.41) is 13.4. The van der Waals surface area contributed by atoms with E-state index in [1.54, 1.807) is 37.4 Å². The van der Waals surface area contributed by atoms with Crippen LogP contribution in [0.2, 0.25) is 5.02 Å². The van der Waals surface area contributed by atoms with Gasteiger partial charge in [-0.15, -0.1) is 0 Å². The maximum atomic E-state index is 12.6. The van der Waals surface area contributed by atoms with E-state index in [-0.39, 0.29) is 0 Å². The van der Waals surface area contributed by atoms with E-state index in [0.29, 0.717) is 27.6 Å². The van der Waals surface area contributed by atoms with E-state index in [1.165, 1.54) is 4.57 Å². The van der Waals surface area contributed by atoms with E-state index in [2.05, 4.69) is 16.4 Å². The summed E-state index contributed by atoms with van der Waals surface area (Å²) in [4.78, 5) is 16.7. The monoisotopic (exact) mass is 324 g/mol. The van der Waals surface area contributed by atoms with Crippen LogP contribution in [0.15, 0.2) is 41.2 Å². The van der Waals surface area contributed by atoms with Crippen LogP contribution in [0.4, 0.5) is 5.82 Å². The highest BCUT2D eigenvalue weighted by molar-refractivity contribution is 6.31. The summed E-state index contributed by atoms with van der Waals surface area (Å²) in [6, 6.07) is 12.7. The number of fused-ring (bicyclic) bond motifs is 1. The third-order valence-electron chi connectivity index (χ3n) is 3.76. The molecule has 3 rings (SSSR count). The summed E-state index contributed by atoms with van der Waals surface area (Å²) in [6.45, 7) is 1.81. The Kier molecular flexibility index (Phi) is 3.77. The molecular weight excluding hydrogens is 312 g/mol. The van der Waals surface area contributed by atoms with Crippen LogP contribution in [0.1, 0.15) is 11.1 Å². The minimum atomic E-state index is -0.428. The molecule has 2 aromatic carbocycles. The van der Waals surface area contributed by atoms with Crippen molar-refractivity contribution in [1.82, 2.24) is 9.55 Å². The zero-order valence-electron chi connectivity index (χ0n) is 12.6. The number of benzene rings is 2. The van der Waals surface area contributed by atoms with Gasteiger partial charge in [0.1, 0.15) is 5.82 Å². The first-order chi connectivity index (χ1) is 11.1. The first kappa shape index (κ1) is 15.1. The average Bonchev–Trinajstić information content (AvgIpc) is 2.55. The van der Waals surface area contributed by atoms with Gasteiger partial charge >= 0.3 is 5.69 Å². The van der Waals surface area contributed by atoms with Crippen LogP contribution in [0.3, 0.4) is 0 Å². The molecule has 0 aliphatic rings. The highest BCUT2D eigenvalue weighted by Crippen LogP contribution is 2.26. The molecule has 0 spiro atoms. The molecule has 5 nitrogen and oxygen atoms in total. The van der Waals surface area contributed by atoms with Crippen molar-refractivity contribution in [1.29, 1.82) is 5.26 Å². The fourth-order valence-corrected chi connectivity index (χ4v) is 2.78. The lowest BCUT2D eigenvalue weighted by molar-refractivity contribution is 0.951. The van der Waals surface area contributed by atoms with Crippen LogP contribution in [0.5, 0.6) is 0 Å². The molecule has 0 aliphatic heterocycles. The smallest absolute Gasteiger partial charge is 0.354 e. The molecule has 6 heteroatoms. The van der Waals surface area contributed by atoms with E-state index in [0.717, 1.165) is 10.9 Å². The van der Waals surface area contributed by atoms with Crippen LogP contribution < -0.4 is 11.0 Å². The average molecular weight is 325 g/mol. The second-order valence-electron chi connectivity index (χ2n) is 5.05. The Hall–Kier alpha value is -2.84. The molecule has 0 saturated heterocycles. The van der Waals surface area contributed by atoms with Gasteiger partial charge in [-0.1, -0.05) is 17.7 Å². The molecule has 0 bridgehead atoms. The van der Waals surface area contributed by atoms with E-state index in [1.807, 2.05) is 13.0 Å². The van der Waals surface area contributed by atoms with Crippen molar-refractivity contribution >= 4 is 28.3 Å². The molecule has 0 amide bonds. The van der Waals surface area contributed by atoms with E-state index < -0.39 is 5.69 Å². The Bertz CT molecular complexity index is 1020. The summed E-state index contributed by atoms with van der Waals surface area (Å²) in [6.07, 6.45) is 0. The maximum Gasteiger partial charge on any atom is 0.354 e. The van der Waals surface area contributed by atoms with Crippen molar-refractivity contribution in [2.24, 2.45) is 0 Å². The van der Waals surface area contributed by atoms with Gasteiger partial charge in [0.05, 0.1) is 22.8 Å². The second-order valence-corrected chi connectivity index (χ2v) is 5.49. The van der Waals surface area contributed by atoms with Gasteiger partial charge in [0.2, 0.25) is 0 Å². The molecule has 0 unspecified atom stereocenters.